The second-order valence-electron chi connectivity index (χ2n) is 5.25. The summed E-state index contributed by atoms with van der Waals surface area (Å²) in [6.45, 7) is 0. The lowest BCUT2D eigenvalue weighted by molar-refractivity contribution is 0.214. The summed E-state index contributed by atoms with van der Waals surface area (Å²) in [6.07, 6.45) is 4.12. The van der Waals surface area contributed by atoms with Crippen LogP contribution in [-0.4, -0.2) is 11.7 Å². The molecule has 1 fully saturated rings. The quantitative estimate of drug-likeness (QED) is 0.579. The van der Waals surface area contributed by atoms with Crippen molar-refractivity contribution in [3.05, 3.63) is 22.3 Å². The average molecular weight is 277 g/mol. The molecule has 1 aliphatic carbocycles. The highest BCUT2D eigenvalue weighted by molar-refractivity contribution is 5.91. The van der Waals surface area contributed by atoms with E-state index in [2.05, 4.69) is 17.1 Å². The fourth-order valence-corrected chi connectivity index (χ4v) is 3.30. The van der Waals surface area contributed by atoms with Crippen LogP contribution in [-0.2, 0) is 0 Å². The van der Waals surface area contributed by atoms with Crippen molar-refractivity contribution in [2.45, 2.75) is 32.1 Å². The predicted octanol–water partition coefficient (Wildman–Crippen LogP) is 1.91. The van der Waals surface area contributed by atoms with Crippen molar-refractivity contribution < 1.29 is 0 Å². The van der Waals surface area contributed by atoms with Gasteiger partial charge in [-0.15, -0.1) is 0 Å². The first kappa shape index (κ1) is 14.5. The summed E-state index contributed by atoms with van der Waals surface area (Å²) in [7, 11) is 0. The number of hydrogen-bond donors (Lipinski definition) is 1. The molecule has 1 unspecified atom stereocenters. The Morgan fingerprint density at radius 3 is 2.38 bits per heavy atom. The van der Waals surface area contributed by atoms with E-state index in [-0.39, 0.29) is 22.7 Å². The van der Waals surface area contributed by atoms with Crippen molar-refractivity contribution in [2.75, 3.05) is 0 Å². The zero-order chi connectivity index (χ0) is 15.5. The molecular weight excluding hydrogens is 264 g/mol. The third-order valence-corrected chi connectivity index (χ3v) is 4.27. The van der Waals surface area contributed by atoms with Crippen LogP contribution in [0, 0.1) is 45.3 Å². The van der Waals surface area contributed by atoms with Gasteiger partial charge in [0.25, 0.3) is 0 Å². The Kier molecular flexibility index (Phi) is 3.90. The molecule has 1 atom stereocenters. The van der Waals surface area contributed by atoms with Crippen LogP contribution in [0.3, 0.4) is 0 Å². The van der Waals surface area contributed by atoms with E-state index >= 15 is 0 Å². The summed E-state index contributed by atoms with van der Waals surface area (Å²) in [4.78, 5) is 4.03. The van der Waals surface area contributed by atoms with Crippen LogP contribution in [0.15, 0.2) is 21.8 Å². The van der Waals surface area contributed by atoms with E-state index in [0.717, 1.165) is 19.3 Å². The zero-order valence-corrected chi connectivity index (χ0v) is 11.4. The first-order chi connectivity index (χ1) is 10.1. The van der Waals surface area contributed by atoms with Crippen molar-refractivity contribution in [2.24, 2.45) is 22.1 Å². The van der Waals surface area contributed by atoms with Crippen molar-refractivity contribution >= 4 is 11.7 Å². The van der Waals surface area contributed by atoms with Gasteiger partial charge in [-0.2, -0.15) is 15.8 Å². The zero-order valence-electron chi connectivity index (χ0n) is 11.4. The van der Waals surface area contributed by atoms with Gasteiger partial charge in [0.15, 0.2) is 0 Å². The van der Waals surface area contributed by atoms with Gasteiger partial charge in [0.05, 0.1) is 23.3 Å². The van der Waals surface area contributed by atoms with Crippen LogP contribution < -0.4 is 5.73 Å². The van der Waals surface area contributed by atoms with Gasteiger partial charge >= 0.3 is 0 Å². The summed E-state index contributed by atoms with van der Waals surface area (Å²) in [5.74, 6) is 1.18. The maximum atomic E-state index is 9.56. The van der Waals surface area contributed by atoms with E-state index in [1.165, 1.54) is 0 Å². The molecule has 1 aliphatic heterocycles. The minimum absolute atomic E-state index is 0.0494. The Hall–Kier alpha value is -2.87. The van der Waals surface area contributed by atoms with E-state index in [1.54, 1.807) is 11.9 Å². The molecule has 0 amide bonds. The Morgan fingerprint density at radius 1 is 1.24 bits per heavy atom. The van der Waals surface area contributed by atoms with E-state index in [1.807, 2.05) is 0 Å². The first-order valence-electron chi connectivity index (χ1n) is 6.70. The number of nitrogens with two attached hydrogens (primary N) is 1. The number of nitrogens with zero attached hydrogens (tertiary/aromatic N) is 5. The van der Waals surface area contributed by atoms with Crippen molar-refractivity contribution in [1.29, 1.82) is 15.8 Å². The molecule has 1 saturated carbocycles. The Labute approximate surface area is 123 Å². The van der Waals surface area contributed by atoms with Crippen LogP contribution in [0.4, 0.5) is 0 Å². The highest BCUT2D eigenvalue weighted by Crippen LogP contribution is 2.51. The van der Waals surface area contributed by atoms with Gasteiger partial charge < -0.3 is 11.1 Å². The van der Waals surface area contributed by atoms with E-state index < -0.39 is 11.3 Å². The van der Waals surface area contributed by atoms with E-state index in [9.17, 15) is 10.5 Å². The molecule has 1 heterocycles. The van der Waals surface area contributed by atoms with Gasteiger partial charge in [-0.25, -0.2) is 10.9 Å². The minimum atomic E-state index is -0.706. The Balaban J connectivity index is 2.75. The number of allylic oxidation sites excluding steroid dienone is 2. The lowest BCUT2D eigenvalue weighted by Gasteiger charge is -2.42. The first-order valence-corrected chi connectivity index (χ1v) is 6.70. The molecular formula is C15H13N6-. The smallest absolute Gasteiger partial charge is 0.118 e. The predicted molar refractivity (Wildman–Crippen MR) is 76.4 cm³/mol. The van der Waals surface area contributed by atoms with Crippen LogP contribution in [0.1, 0.15) is 32.1 Å². The van der Waals surface area contributed by atoms with Gasteiger partial charge in [-0.1, -0.05) is 19.3 Å². The Morgan fingerprint density at radius 2 is 1.90 bits per heavy atom. The molecule has 2 aliphatic rings. The SMILES string of the molecule is N#CC(=C=[N-])C1=C(C#N)C2(CCCCC2)C(C#N)C(N)=N1. The van der Waals surface area contributed by atoms with Gasteiger partial charge in [0, 0.05) is 5.41 Å². The summed E-state index contributed by atoms with van der Waals surface area (Å²) >= 11 is 0. The number of rotatable bonds is 1. The molecule has 0 aromatic rings. The minimum Gasteiger partial charge on any atom is -0.762 e. The van der Waals surface area contributed by atoms with E-state index in [0.29, 0.717) is 12.8 Å². The third kappa shape index (κ3) is 2.11. The lowest BCUT2D eigenvalue weighted by Crippen LogP contribution is -2.44. The molecule has 1 spiro atoms. The number of amidine groups is 1. The van der Waals surface area contributed by atoms with Crippen LogP contribution >= 0.6 is 0 Å². The molecule has 0 saturated heterocycles. The average Bonchev–Trinajstić information content (AvgIpc) is 2.50. The number of aliphatic imine (C=N–C) groups is 1. The second kappa shape index (κ2) is 5.63. The molecule has 0 aromatic heterocycles. The Bertz CT molecular complexity index is 694. The third-order valence-electron chi connectivity index (χ3n) is 4.27. The molecule has 0 bridgehead atoms. The molecule has 2 N–H and O–H groups in total. The normalized spacial score (nSPS) is 23.3. The standard InChI is InChI=1S/C15H13N6/c16-6-10(7-17)13-11(8-18)15(4-2-1-3-5-15)12(9-19)14(20)21-13/h12H,1-5H2,(H2,20,21)/q-1. The van der Waals surface area contributed by atoms with Crippen LogP contribution in [0.25, 0.3) is 5.41 Å². The highest BCUT2D eigenvalue weighted by Gasteiger charge is 2.49. The largest absolute Gasteiger partial charge is 0.762 e. The van der Waals surface area contributed by atoms with Gasteiger partial charge in [-0.05, 0) is 12.8 Å². The summed E-state index contributed by atoms with van der Waals surface area (Å²) in [6, 6.07) is 6.01. The molecule has 0 aromatic carbocycles. The van der Waals surface area contributed by atoms with Gasteiger partial charge in [-0.3, -0.25) is 0 Å². The molecule has 6 nitrogen and oxygen atoms in total. The number of hydrogen-bond acceptors (Lipinski definition) is 5. The molecule has 2 rings (SSSR count). The monoisotopic (exact) mass is 277 g/mol. The molecule has 0 radical (unpaired) electrons. The van der Waals surface area contributed by atoms with Gasteiger partial charge in [0.1, 0.15) is 23.5 Å². The maximum Gasteiger partial charge on any atom is 0.118 e. The maximum absolute atomic E-state index is 9.56. The van der Waals surface area contributed by atoms with Gasteiger partial charge in [0.2, 0.25) is 0 Å². The van der Waals surface area contributed by atoms with E-state index in [4.69, 9.17) is 16.4 Å². The topological polar surface area (TPSA) is 132 Å². The summed E-state index contributed by atoms with van der Waals surface area (Å²) in [5.41, 5.74) is 5.28. The van der Waals surface area contributed by atoms with Crippen LogP contribution in [0.2, 0.25) is 0 Å². The van der Waals surface area contributed by atoms with Crippen molar-refractivity contribution in [3.8, 4) is 18.2 Å². The van der Waals surface area contributed by atoms with Crippen LogP contribution in [0.5, 0.6) is 0 Å². The lowest BCUT2D eigenvalue weighted by atomic mass is 9.60. The molecule has 21 heavy (non-hydrogen) atoms. The second-order valence-corrected chi connectivity index (χ2v) is 5.25. The highest BCUT2D eigenvalue weighted by atomic mass is 14.9. The molecule has 104 valence electrons. The summed E-state index contributed by atoms with van der Waals surface area (Å²) in [5, 5.41) is 37.1. The fraction of sp³-hybridized carbons (Fsp3) is 0.467. The fourth-order valence-electron chi connectivity index (χ4n) is 3.30. The molecule has 6 heteroatoms. The van der Waals surface area contributed by atoms with Crippen molar-refractivity contribution in [3.63, 3.8) is 0 Å². The van der Waals surface area contributed by atoms with Crippen molar-refractivity contribution in [1.82, 2.24) is 0 Å². The summed E-state index contributed by atoms with van der Waals surface area (Å²) < 4.78 is 0. The number of nitriles is 3.